The van der Waals surface area contributed by atoms with E-state index in [-0.39, 0.29) is 17.5 Å². The van der Waals surface area contributed by atoms with Crippen molar-refractivity contribution in [1.82, 2.24) is 19.5 Å². The van der Waals surface area contributed by atoms with Crippen molar-refractivity contribution in [3.63, 3.8) is 0 Å². The zero-order valence-corrected chi connectivity index (χ0v) is 14.1. The number of anilines is 1. The Balaban J connectivity index is 1.80. The Bertz CT molecular complexity index is 1020. The zero-order chi connectivity index (χ0) is 17.9. The Kier molecular flexibility index (Phi) is 4.30. The number of aromatic amines is 1. The molecule has 4 rings (SSSR count). The van der Waals surface area contributed by atoms with Gasteiger partial charge in [0.25, 0.3) is 0 Å². The molecule has 0 saturated heterocycles. The second-order valence-electron chi connectivity index (χ2n) is 6.09. The average molecular weight is 353 g/mol. The van der Waals surface area contributed by atoms with Crippen molar-refractivity contribution in [3.05, 3.63) is 52.7 Å². The van der Waals surface area contributed by atoms with Crippen molar-refractivity contribution in [3.8, 4) is 11.8 Å². The number of H-pyrrole nitrogens is 1. The molecule has 2 aromatic heterocycles. The van der Waals surface area contributed by atoms with Crippen LogP contribution < -0.4 is 20.9 Å². The smallest absolute Gasteiger partial charge is 0.328 e. The van der Waals surface area contributed by atoms with Crippen LogP contribution in [0, 0.1) is 0 Å². The summed E-state index contributed by atoms with van der Waals surface area (Å²) in [6.07, 6.45) is 6.36. The van der Waals surface area contributed by atoms with Crippen LogP contribution in [0.3, 0.4) is 0 Å². The largest absolute Gasteiger partial charge is 0.465 e. The zero-order valence-electron chi connectivity index (χ0n) is 14.1. The molecule has 0 atom stereocenters. The average Bonchev–Trinajstić information content (AvgIpc) is 2.93. The van der Waals surface area contributed by atoms with Gasteiger partial charge < -0.3 is 20.2 Å². The second-order valence-corrected chi connectivity index (χ2v) is 6.09. The molecule has 0 amide bonds. The van der Waals surface area contributed by atoms with E-state index in [9.17, 15) is 4.79 Å². The van der Waals surface area contributed by atoms with Gasteiger partial charge in [0.1, 0.15) is 11.3 Å². The minimum Gasteiger partial charge on any atom is -0.465 e. The molecule has 3 N–H and O–H groups in total. The molecule has 3 aromatic rings. The van der Waals surface area contributed by atoms with Gasteiger partial charge in [-0.25, -0.2) is 4.79 Å². The quantitative estimate of drug-likeness (QED) is 0.641. The first-order valence-corrected chi connectivity index (χ1v) is 8.50. The molecule has 8 heteroatoms. The maximum absolute atomic E-state index is 12.4. The summed E-state index contributed by atoms with van der Waals surface area (Å²) in [5.74, 6) is 0.916. The van der Waals surface area contributed by atoms with E-state index in [1.807, 2.05) is 30.3 Å². The lowest BCUT2D eigenvalue weighted by Crippen LogP contribution is -2.17. The van der Waals surface area contributed by atoms with Crippen LogP contribution in [0.25, 0.3) is 11.2 Å². The van der Waals surface area contributed by atoms with E-state index in [0.29, 0.717) is 24.3 Å². The Hall–Kier alpha value is -3.29. The van der Waals surface area contributed by atoms with Crippen LogP contribution >= 0.6 is 0 Å². The molecule has 0 aliphatic carbocycles. The van der Waals surface area contributed by atoms with E-state index >= 15 is 0 Å². The third kappa shape index (κ3) is 3.26. The summed E-state index contributed by atoms with van der Waals surface area (Å²) in [6, 6.07) is 7.76. The molecule has 0 radical (unpaired) electrons. The highest BCUT2D eigenvalue weighted by Gasteiger charge is 2.15. The molecular weight excluding hydrogens is 334 g/mol. The standard InChI is InChI=1S/C18H19N5O3/c19-15-14-16-22-17(21-15)26-9-4-2-1-3-8-25-13-7-5-6-12(10-13)11-23(16)18(24)20-14/h3,5-8,10H,1-2,4,9,11H2,(H,20,24)(H2,19,21,22). The monoisotopic (exact) mass is 353 g/mol. The highest BCUT2D eigenvalue weighted by atomic mass is 16.5. The number of nitrogens with two attached hydrogens (primary N) is 1. The molecule has 1 aliphatic heterocycles. The number of imidazole rings is 1. The Labute approximate surface area is 149 Å². The molecule has 26 heavy (non-hydrogen) atoms. The predicted octanol–water partition coefficient (Wildman–Crippen LogP) is 2.21. The number of allylic oxidation sites excluding steroid dienone is 1. The summed E-state index contributed by atoms with van der Waals surface area (Å²) in [5, 5.41) is 0. The van der Waals surface area contributed by atoms with Crippen LogP contribution in [0.1, 0.15) is 24.8 Å². The third-order valence-corrected chi connectivity index (χ3v) is 4.17. The third-order valence-electron chi connectivity index (χ3n) is 4.17. The SMILES string of the molecule is Nc1nc2nc3c1[nH]c(=O)n3Cc1cccc(c1)OC=CCCCCO2. The van der Waals surface area contributed by atoms with Gasteiger partial charge in [-0.3, -0.25) is 4.57 Å². The molecule has 1 aromatic carbocycles. The van der Waals surface area contributed by atoms with Gasteiger partial charge in [-0.05, 0) is 43.0 Å². The first-order valence-electron chi connectivity index (χ1n) is 8.50. The summed E-state index contributed by atoms with van der Waals surface area (Å²) in [7, 11) is 0. The van der Waals surface area contributed by atoms with Gasteiger partial charge in [0.2, 0.25) is 0 Å². The van der Waals surface area contributed by atoms with E-state index in [0.717, 1.165) is 30.6 Å². The van der Waals surface area contributed by atoms with Crippen molar-refractivity contribution >= 4 is 17.0 Å². The molecule has 134 valence electrons. The number of ether oxygens (including phenoxy) is 2. The van der Waals surface area contributed by atoms with E-state index in [1.54, 1.807) is 6.26 Å². The molecular formula is C18H19N5O3. The fourth-order valence-corrected chi connectivity index (χ4v) is 2.86. The van der Waals surface area contributed by atoms with Gasteiger partial charge in [-0.15, -0.1) is 0 Å². The Morgan fingerprint density at radius 2 is 2.15 bits per heavy atom. The number of hydrogen-bond acceptors (Lipinski definition) is 6. The maximum Gasteiger partial charge on any atom is 0.328 e. The van der Waals surface area contributed by atoms with Crippen molar-refractivity contribution in [2.24, 2.45) is 0 Å². The summed E-state index contributed by atoms with van der Waals surface area (Å²) >= 11 is 0. The van der Waals surface area contributed by atoms with Crippen LogP contribution in [-0.2, 0) is 6.54 Å². The molecule has 0 unspecified atom stereocenters. The molecule has 8 nitrogen and oxygen atoms in total. The van der Waals surface area contributed by atoms with Gasteiger partial charge in [0.05, 0.1) is 19.4 Å². The normalized spacial score (nSPS) is 14.9. The Morgan fingerprint density at radius 3 is 3.08 bits per heavy atom. The van der Waals surface area contributed by atoms with Gasteiger partial charge in [-0.1, -0.05) is 12.1 Å². The maximum atomic E-state index is 12.4. The number of nitrogens with zero attached hydrogens (tertiary/aromatic N) is 3. The van der Waals surface area contributed by atoms with Gasteiger partial charge in [-0.2, -0.15) is 9.97 Å². The van der Waals surface area contributed by atoms with Crippen LogP contribution in [0.4, 0.5) is 5.82 Å². The number of fused-ring (bicyclic) bond motifs is 3. The van der Waals surface area contributed by atoms with Crippen molar-refractivity contribution < 1.29 is 9.47 Å². The lowest BCUT2D eigenvalue weighted by molar-refractivity contribution is 0.285. The molecule has 3 heterocycles. The Morgan fingerprint density at radius 1 is 1.23 bits per heavy atom. The molecule has 4 bridgehead atoms. The topological polar surface area (TPSA) is 108 Å². The molecule has 0 spiro atoms. The molecule has 0 saturated carbocycles. The predicted molar refractivity (Wildman–Crippen MR) is 97.2 cm³/mol. The highest BCUT2D eigenvalue weighted by molar-refractivity contribution is 5.81. The van der Waals surface area contributed by atoms with Gasteiger partial charge in [0, 0.05) is 0 Å². The minimum absolute atomic E-state index is 0.183. The highest BCUT2D eigenvalue weighted by Crippen LogP contribution is 2.20. The van der Waals surface area contributed by atoms with Crippen molar-refractivity contribution in [2.75, 3.05) is 12.3 Å². The summed E-state index contributed by atoms with van der Waals surface area (Å²) in [4.78, 5) is 23.6. The number of aromatic nitrogens is 4. The van der Waals surface area contributed by atoms with E-state index in [1.165, 1.54) is 4.57 Å². The molecule has 1 aliphatic rings. The first kappa shape index (κ1) is 16.2. The summed E-state index contributed by atoms with van der Waals surface area (Å²) in [5.41, 5.74) is 7.42. The van der Waals surface area contributed by atoms with E-state index in [2.05, 4.69) is 15.0 Å². The minimum atomic E-state index is -0.300. The number of nitrogens with one attached hydrogen (secondary N) is 1. The van der Waals surface area contributed by atoms with Crippen LogP contribution in [0.15, 0.2) is 41.4 Å². The lowest BCUT2D eigenvalue weighted by Gasteiger charge is -2.08. The van der Waals surface area contributed by atoms with Crippen LogP contribution in [0.2, 0.25) is 0 Å². The molecule has 0 fully saturated rings. The van der Waals surface area contributed by atoms with Crippen LogP contribution in [0.5, 0.6) is 11.8 Å². The van der Waals surface area contributed by atoms with Crippen LogP contribution in [-0.4, -0.2) is 26.1 Å². The van der Waals surface area contributed by atoms with Gasteiger partial charge >= 0.3 is 11.7 Å². The van der Waals surface area contributed by atoms with Crippen molar-refractivity contribution in [2.45, 2.75) is 25.8 Å². The first-order chi connectivity index (χ1) is 12.7. The summed E-state index contributed by atoms with van der Waals surface area (Å²) in [6.45, 7) is 0.809. The number of hydrogen-bond donors (Lipinski definition) is 2. The second kappa shape index (κ2) is 6.91. The fraction of sp³-hybridized carbons (Fsp3) is 0.278. The van der Waals surface area contributed by atoms with E-state index < -0.39 is 0 Å². The number of rotatable bonds is 0. The number of benzene rings is 1. The number of nitrogen functional groups attached to an aromatic ring is 1. The lowest BCUT2D eigenvalue weighted by atomic mass is 10.2. The summed E-state index contributed by atoms with van der Waals surface area (Å²) < 4.78 is 12.8. The van der Waals surface area contributed by atoms with Gasteiger partial charge in [0.15, 0.2) is 11.5 Å². The fourth-order valence-electron chi connectivity index (χ4n) is 2.86. The van der Waals surface area contributed by atoms with E-state index in [4.69, 9.17) is 15.2 Å². The van der Waals surface area contributed by atoms with Crippen molar-refractivity contribution in [1.29, 1.82) is 0 Å².